The minimum atomic E-state index is -0.178. The number of hydrogen-bond acceptors (Lipinski definition) is 3. The highest BCUT2D eigenvalue weighted by Gasteiger charge is 2.08. The standard InChI is InChI=1S/C15H19FN2S/c1-11-13(7-15(8-17)19-11)10-18(2)9-12-4-3-5-14(16)6-12/h3-7H,8-10,17H2,1-2H3. The summed E-state index contributed by atoms with van der Waals surface area (Å²) in [5.74, 6) is -0.178. The van der Waals surface area contributed by atoms with E-state index in [0.29, 0.717) is 6.54 Å². The molecule has 2 rings (SSSR count). The summed E-state index contributed by atoms with van der Waals surface area (Å²) in [5.41, 5.74) is 7.96. The molecule has 0 bridgehead atoms. The fourth-order valence-electron chi connectivity index (χ4n) is 2.14. The van der Waals surface area contributed by atoms with Crippen LogP contribution in [0, 0.1) is 12.7 Å². The van der Waals surface area contributed by atoms with Gasteiger partial charge < -0.3 is 5.73 Å². The number of rotatable bonds is 5. The van der Waals surface area contributed by atoms with Crippen LogP contribution in [-0.2, 0) is 19.6 Å². The molecule has 2 N–H and O–H groups in total. The zero-order valence-corrected chi connectivity index (χ0v) is 12.1. The van der Waals surface area contributed by atoms with Gasteiger partial charge in [0.25, 0.3) is 0 Å². The smallest absolute Gasteiger partial charge is 0.123 e. The summed E-state index contributed by atoms with van der Waals surface area (Å²) in [6.07, 6.45) is 0. The van der Waals surface area contributed by atoms with E-state index in [-0.39, 0.29) is 5.82 Å². The highest BCUT2D eigenvalue weighted by Crippen LogP contribution is 2.22. The number of nitrogens with zero attached hydrogens (tertiary/aromatic N) is 1. The SMILES string of the molecule is Cc1sc(CN)cc1CN(C)Cc1cccc(F)c1. The highest BCUT2D eigenvalue weighted by molar-refractivity contribution is 7.12. The molecule has 0 saturated carbocycles. The van der Waals surface area contributed by atoms with E-state index in [9.17, 15) is 4.39 Å². The van der Waals surface area contributed by atoms with E-state index < -0.39 is 0 Å². The fourth-order valence-corrected chi connectivity index (χ4v) is 3.07. The second-order valence-electron chi connectivity index (χ2n) is 4.80. The Labute approximate surface area is 117 Å². The molecule has 0 fully saturated rings. The van der Waals surface area contributed by atoms with E-state index in [4.69, 9.17) is 5.73 Å². The lowest BCUT2D eigenvalue weighted by atomic mass is 10.2. The zero-order valence-electron chi connectivity index (χ0n) is 11.3. The van der Waals surface area contributed by atoms with Gasteiger partial charge >= 0.3 is 0 Å². The summed E-state index contributed by atoms with van der Waals surface area (Å²) < 4.78 is 13.1. The molecule has 1 aromatic heterocycles. The van der Waals surface area contributed by atoms with Crippen molar-refractivity contribution >= 4 is 11.3 Å². The predicted octanol–water partition coefficient (Wildman–Crippen LogP) is 3.29. The highest BCUT2D eigenvalue weighted by atomic mass is 32.1. The molecule has 0 spiro atoms. The van der Waals surface area contributed by atoms with Gasteiger partial charge in [0.2, 0.25) is 0 Å². The maximum Gasteiger partial charge on any atom is 0.123 e. The molecule has 0 unspecified atom stereocenters. The van der Waals surface area contributed by atoms with Gasteiger partial charge in [-0.2, -0.15) is 0 Å². The normalized spacial score (nSPS) is 11.2. The van der Waals surface area contributed by atoms with Gasteiger partial charge in [0.15, 0.2) is 0 Å². The summed E-state index contributed by atoms with van der Waals surface area (Å²) in [5, 5.41) is 0. The minimum Gasteiger partial charge on any atom is -0.326 e. The van der Waals surface area contributed by atoms with Crippen LogP contribution in [-0.4, -0.2) is 11.9 Å². The van der Waals surface area contributed by atoms with Crippen molar-refractivity contribution in [3.63, 3.8) is 0 Å². The van der Waals surface area contributed by atoms with E-state index in [1.165, 1.54) is 21.4 Å². The van der Waals surface area contributed by atoms with E-state index >= 15 is 0 Å². The molecule has 0 saturated heterocycles. The first-order chi connectivity index (χ1) is 9.08. The molecule has 2 nitrogen and oxygen atoms in total. The van der Waals surface area contributed by atoms with Crippen molar-refractivity contribution < 1.29 is 4.39 Å². The molecule has 1 aromatic carbocycles. The second-order valence-corrected chi connectivity index (χ2v) is 6.14. The largest absolute Gasteiger partial charge is 0.326 e. The average molecular weight is 278 g/mol. The van der Waals surface area contributed by atoms with Crippen molar-refractivity contribution in [1.82, 2.24) is 4.90 Å². The lowest BCUT2D eigenvalue weighted by molar-refractivity contribution is 0.318. The molecule has 102 valence electrons. The lowest BCUT2D eigenvalue weighted by Crippen LogP contribution is -2.17. The summed E-state index contributed by atoms with van der Waals surface area (Å²) in [7, 11) is 2.05. The molecule has 0 radical (unpaired) electrons. The van der Waals surface area contributed by atoms with Gasteiger partial charge in [-0.25, -0.2) is 4.39 Å². The Hall–Kier alpha value is -1.23. The van der Waals surface area contributed by atoms with E-state index in [0.717, 1.165) is 18.7 Å². The molecule has 19 heavy (non-hydrogen) atoms. The molecule has 1 heterocycles. The van der Waals surface area contributed by atoms with Crippen LogP contribution < -0.4 is 5.73 Å². The fraction of sp³-hybridized carbons (Fsp3) is 0.333. The first-order valence-corrected chi connectivity index (χ1v) is 7.11. The third-order valence-electron chi connectivity index (χ3n) is 3.05. The van der Waals surface area contributed by atoms with Crippen LogP contribution in [0.25, 0.3) is 0 Å². The van der Waals surface area contributed by atoms with Crippen molar-refractivity contribution in [2.45, 2.75) is 26.6 Å². The first-order valence-electron chi connectivity index (χ1n) is 6.29. The second kappa shape index (κ2) is 6.28. The number of aryl methyl sites for hydroxylation is 1. The molecule has 4 heteroatoms. The average Bonchev–Trinajstić information content (AvgIpc) is 2.70. The topological polar surface area (TPSA) is 29.3 Å². The van der Waals surface area contributed by atoms with Crippen molar-refractivity contribution in [2.24, 2.45) is 5.73 Å². The molecule has 0 atom stereocenters. The molecule has 0 aliphatic heterocycles. The lowest BCUT2D eigenvalue weighted by Gasteiger charge is -2.16. The molecule has 2 aromatic rings. The number of hydrogen-bond donors (Lipinski definition) is 1. The van der Waals surface area contributed by atoms with Gasteiger partial charge in [-0.15, -0.1) is 11.3 Å². The van der Waals surface area contributed by atoms with Crippen molar-refractivity contribution in [2.75, 3.05) is 7.05 Å². The Kier molecular flexibility index (Phi) is 4.69. The van der Waals surface area contributed by atoms with Gasteiger partial charge in [-0.1, -0.05) is 12.1 Å². The van der Waals surface area contributed by atoms with Crippen LogP contribution in [0.4, 0.5) is 4.39 Å². The maximum atomic E-state index is 13.1. The monoisotopic (exact) mass is 278 g/mol. The van der Waals surface area contributed by atoms with Crippen LogP contribution in [0.2, 0.25) is 0 Å². The third kappa shape index (κ3) is 3.86. The van der Waals surface area contributed by atoms with Crippen molar-refractivity contribution in [3.8, 4) is 0 Å². The quantitative estimate of drug-likeness (QED) is 0.909. The van der Waals surface area contributed by atoms with Crippen molar-refractivity contribution in [1.29, 1.82) is 0 Å². The molecular formula is C15H19FN2S. The van der Waals surface area contributed by atoms with Gasteiger partial charge in [0.1, 0.15) is 5.82 Å². The van der Waals surface area contributed by atoms with E-state index in [2.05, 4.69) is 17.9 Å². The molecule has 0 aliphatic rings. The van der Waals surface area contributed by atoms with Crippen LogP contribution in [0.1, 0.15) is 20.9 Å². The summed E-state index contributed by atoms with van der Waals surface area (Å²) in [4.78, 5) is 4.71. The Morgan fingerprint density at radius 3 is 2.68 bits per heavy atom. The Balaban J connectivity index is 2.00. The first kappa shape index (κ1) is 14.2. The number of halogens is 1. The maximum absolute atomic E-state index is 13.1. The molecule has 0 aliphatic carbocycles. The number of nitrogens with two attached hydrogens (primary N) is 1. The number of thiophene rings is 1. The van der Waals surface area contributed by atoms with Gasteiger partial charge in [0.05, 0.1) is 0 Å². The summed E-state index contributed by atoms with van der Waals surface area (Å²) in [6, 6.07) is 8.93. The molecule has 0 amide bonds. The molecular weight excluding hydrogens is 259 g/mol. The Morgan fingerprint density at radius 1 is 1.26 bits per heavy atom. The Bertz CT molecular complexity index is 551. The Morgan fingerprint density at radius 2 is 2.05 bits per heavy atom. The predicted molar refractivity (Wildman–Crippen MR) is 78.5 cm³/mol. The summed E-state index contributed by atoms with van der Waals surface area (Å²) in [6.45, 7) is 4.32. The van der Waals surface area contributed by atoms with Crippen LogP contribution in [0.15, 0.2) is 30.3 Å². The van der Waals surface area contributed by atoms with Gasteiger partial charge in [0, 0.05) is 29.4 Å². The van der Waals surface area contributed by atoms with Crippen molar-refractivity contribution in [3.05, 3.63) is 57.0 Å². The summed E-state index contributed by atoms with van der Waals surface area (Å²) >= 11 is 1.75. The van der Waals surface area contributed by atoms with Crippen LogP contribution in [0.5, 0.6) is 0 Å². The van der Waals surface area contributed by atoms with Crippen LogP contribution in [0.3, 0.4) is 0 Å². The number of benzene rings is 1. The van der Waals surface area contributed by atoms with E-state index in [1.54, 1.807) is 23.5 Å². The van der Waals surface area contributed by atoms with Gasteiger partial charge in [-0.05, 0) is 43.3 Å². The van der Waals surface area contributed by atoms with Crippen LogP contribution >= 0.6 is 11.3 Å². The van der Waals surface area contributed by atoms with E-state index in [1.807, 2.05) is 13.1 Å². The minimum absolute atomic E-state index is 0.178. The third-order valence-corrected chi connectivity index (χ3v) is 4.17. The zero-order chi connectivity index (χ0) is 13.8. The van der Waals surface area contributed by atoms with Gasteiger partial charge in [-0.3, -0.25) is 4.90 Å².